The molecule has 0 spiro atoms. The SMILES string of the molecule is Cn1nc(C2CCN(C3COC3)CC2)c2cccnc21. The van der Waals surface area contributed by atoms with E-state index < -0.39 is 0 Å². The fourth-order valence-corrected chi connectivity index (χ4v) is 3.39. The summed E-state index contributed by atoms with van der Waals surface area (Å²) >= 11 is 0. The Hall–Kier alpha value is -1.46. The van der Waals surface area contributed by atoms with E-state index >= 15 is 0 Å². The number of hydrogen-bond acceptors (Lipinski definition) is 4. The minimum Gasteiger partial charge on any atom is -0.378 e. The molecule has 2 aromatic rings. The zero-order chi connectivity index (χ0) is 13.5. The number of aromatic nitrogens is 3. The van der Waals surface area contributed by atoms with Gasteiger partial charge in [-0.1, -0.05) is 0 Å². The lowest BCUT2D eigenvalue weighted by Gasteiger charge is -2.41. The minimum absolute atomic E-state index is 0.570. The van der Waals surface area contributed by atoms with Gasteiger partial charge in [-0.3, -0.25) is 9.58 Å². The first kappa shape index (κ1) is 12.3. The topological polar surface area (TPSA) is 43.2 Å². The Kier molecular flexibility index (Phi) is 2.97. The summed E-state index contributed by atoms with van der Waals surface area (Å²) < 4.78 is 7.21. The Bertz CT molecular complexity index is 611. The van der Waals surface area contributed by atoms with Gasteiger partial charge in [-0.2, -0.15) is 5.10 Å². The van der Waals surface area contributed by atoms with Crippen LogP contribution in [0.2, 0.25) is 0 Å². The molecule has 0 aliphatic carbocycles. The predicted molar refractivity (Wildman–Crippen MR) is 76.7 cm³/mol. The molecule has 5 heteroatoms. The normalized spacial score (nSPS) is 22.2. The molecule has 0 amide bonds. The van der Waals surface area contributed by atoms with Crippen molar-refractivity contribution in [3.8, 4) is 0 Å². The van der Waals surface area contributed by atoms with Crippen molar-refractivity contribution >= 4 is 11.0 Å². The van der Waals surface area contributed by atoms with Gasteiger partial charge in [0.05, 0.1) is 24.9 Å². The number of hydrogen-bond donors (Lipinski definition) is 0. The second-order valence-electron chi connectivity index (χ2n) is 5.88. The van der Waals surface area contributed by atoms with Crippen LogP contribution in [-0.2, 0) is 11.8 Å². The van der Waals surface area contributed by atoms with E-state index in [0.29, 0.717) is 12.0 Å². The highest BCUT2D eigenvalue weighted by molar-refractivity contribution is 5.78. The van der Waals surface area contributed by atoms with E-state index in [1.807, 2.05) is 24.0 Å². The smallest absolute Gasteiger partial charge is 0.157 e. The summed E-state index contributed by atoms with van der Waals surface area (Å²) in [5.41, 5.74) is 2.23. The summed E-state index contributed by atoms with van der Waals surface area (Å²) in [4.78, 5) is 7.01. The molecule has 106 valence electrons. The molecule has 2 aliphatic rings. The molecule has 0 N–H and O–H groups in total. The van der Waals surface area contributed by atoms with E-state index in [0.717, 1.165) is 32.0 Å². The molecule has 0 atom stereocenters. The van der Waals surface area contributed by atoms with E-state index in [4.69, 9.17) is 9.84 Å². The molecule has 20 heavy (non-hydrogen) atoms. The number of pyridine rings is 1. The van der Waals surface area contributed by atoms with Gasteiger partial charge < -0.3 is 4.74 Å². The molecular formula is C15H20N4O. The Labute approximate surface area is 118 Å². The number of nitrogens with zero attached hydrogens (tertiary/aromatic N) is 4. The Morgan fingerprint density at radius 3 is 2.75 bits per heavy atom. The van der Waals surface area contributed by atoms with Crippen molar-refractivity contribution in [2.45, 2.75) is 24.8 Å². The Morgan fingerprint density at radius 1 is 1.25 bits per heavy atom. The van der Waals surface area contributed by atoms with Gasteiger partial charge >= 0.3 is 0 Å². The van der Waals surface area contributed by atoms with Crippen LogP contribution < -0.4 is 0 Å². The van der Waals surface area contributed by atoms with Gasteiger partial charge in [0.1, 0.15) is 0 Å². The average molecular weight is 272 g/mol. The molecule has 0 unspecified atom stereocenters. The van der Waals surface area contributed by atoms with Gasteiger partial charge in [0.2, 0.25) is 0 Å². The van der Waals surface area contributed by atoms with Gasteiger partial charge in [0.25, 0.3) is 0 Å². The first-order valence-corrected chi connectivity index (χ1v) is 7.42. The van der Waals surface area contributed by atoms with Crippen molar-refractivity contribution in [2.75, 3.05) is 26.3 Å². The number of aryl methyl sites for hydroxylation is 1. The van der Waals surface area contributed by atoms with Crippen molar-refractivity contribution in [3.05, 3.63) is 24.0 Å². The lowest BCUT2D eigenvalue weighted by molar-refractivity contribution is -0.0713. The van der Waals surface area contributed by atoms with Gasteiger partial charge in [-0.15, -0.1) is 0 Å². The van der Waals surface area contributed by atoms with E-state index in [1.54, 1.807) is 0 Å². The second-order valence-corrected chi connectivity index (χ2v) is 5.88. The van der Waals surface area contributed by atoms with Crippen molar-refractivity contribution in [1.82, 2.24) is 19.7 Å². The maximum absolute atomic E-state index is 5.29. The maximum atomic E-state index is 5.29. The fraction of sp³-hybridized carbons (Fsp3) is 0.600. The summed E-state index contributed by atoms with van der Waals surface area (Å²) in [6.45, 7) is 4.16. The van der Waals surface area contributed by atoms with Crippen LogP contribution in [0.4, 0.5) is 0 Å². The highest BCUT2D eigenvalue weighted by Crippen LogP contribution is 2.32. The molecule has 4 heterocycles. The Morgan fingerprint density at radius 2 is 2.05 bits per heavy atom. The zero-order valence-electron chi connectivity index (χ0n) is 11.8. The quantitative estimate of drug-likeness (QED) is 0.832. The molecule has 2 aliphatic heterocycles. The van der Waals surface area contributed by atoms with Gasteiger partial charge in [0, 0.05) is 24.5 Å². The summed E-state index contributed by atoms with van der Waals surface area (Å²) in [5, 5.41) is 5.95. The molecule has 2 saturated heterocycles. The average Bonchev–Trinajstić information content (AvgIpc) is 2.76. The first-order valence-electron chi connectivity index (χ1n) is 7.42. The zero-order valence-corrected chi connectivity index (χ0v) is 11.8. The minimum atomic E-state index is 0.570. The second kappa shape index (κ2) is 4.82. The van der Waals surface area contributed by atoms with Crippen LogP contribution in [0.15, 0.2) is 18.3 Å². The van der Waals surface area contributed by atoms with E-state index in [-0.39, 0.29) is 0 Å². The number of likely N-dealkylation sites (tertiary alicyclic amines) is 1. The standard InChI is InChI=1S/C15H20N4O/c1-18-15-13(3-2-6-16-15)14(17-18)11-4-7-19(8-5-11)12-9-20-10-12/h2-3,6,11-12H,4-5,7-10H2,1H3. The lowest BCUT2D eigenvalue weighted by Crippen LogP contribution is -2.51. The Balaban J connectivity index is 1.55. The van der Waals surface area contributed by atoms with Crippen LogP contribution in [0.1, 0.15) is 24.5 Å². The number of ether oxygens (including phenoxy) is 1. The molecular weight excluding hydrogens is 252 g/mol. The van der Waals surface area contributed by atoms with Crippen LogP contribution >= 0.6 is 0 Å². The molecule has 2 fully saturated rings. The molecule has 0 saturated carbocycles. The van der Waals surface area contributed by atoms with E-state index in [1.165, 1.54) is 23.9 Å². The van der Waals surface area contributed by atoms with Crippen molar-refractivity contribution in [2.24, 2.45) is 7.05 Å². The van der Waals surface area contributed by atoms with Crippen LogP contribution in [0.5, 0.6) is 0 Å². The first-order chi connectivity index (χ1) is 9.83. The predicted octanol–water partition coefficient (Wildman–Crippen LogP) is 1.55. The number of piperidine rings is 1. The summed E-state index contributed by atoms with van der Waals surface area (Å²) in [5.74, 6) is 0.570. The van der Waals surface area contributed by atoms with Crippen molar-refractivity contribution in [1.29, 1.82) is 0 Å². The molecule has 0 aromatic carbocycles. The van der Waals surface area contributed by atoms with Crippen LogP contribution in [0.25, 0.3) is 11.0 Å². The third-order valence-corrected chi connectivity index (χ3v) is 4.68. The van der Waals surface area contributed by atoms with Crippen molar-refractivity contribution < 1.29 is 4.74 Å². The molecule has 4 rings (SSSR count). The monoisotopic (exact) mass is 272 g/mol. The fourth-order valence-electron chi connectivity index (χ4n) is 3.39. The van der Waals surface area contributed by atoms with Crippen molar-refractivity contribution in [3.63, 3.8) is 0 Å². The number of fused-ring (bicyclic) bond motifs is 1. The summed E-state index contributed by atoms with van der Waals surface area (Å²) in [7, 11) is 1.99. The molecule has 2 aromatic heterocycles. The molecule has 5 nitrogen and oxygen atoms in total. The molecule has 0 radical (unpaired) electrons. The van der Waals surface area contributed by atoms with E-state index in [2.05, 4.69) is 16.0 Å². The van der Waals surface area contributed by atoms with Crippen LogP contribution in [0, 0.1) is 0 Å². The van der Waals surface area contributed by atoms with Crippen LogP contribution in [-0.4, -0.2) is 52.0 Å². The number of rotatable bonds is 2. The summed E-state index contributed by atoms with van der Waals surface area (Å²) in [6, 6.07) is 4.82. The largest absolute Gasteiger partial charge is 0.378 e. The van der Waals surface area contributed by atoms with Gasteiger partial charge in [-0.25, -0.2) is 4.98 Å². The molecule has 0 bridgehead atoms. The lowest BCUT2D eigenvalue weighted by atomic mass is 9.91. The maximum Gasteiger partial charge on any atom is 0.157 e. The van der Waals surface area contributed by atoms with Gasteiger partial charge in [-0.05, 0) is 38.1 Å². The van der Waals surface area contributed by atoms with E-state index in [9.17, 15) is 0 Å². The third-order valence-electron chi connectivity index (χ3n) is 4.68. The third kappa shape index (κ3) is 1.93. The highest BCUT2D eigenvalue weighted by atomic mass is 16.5. The summed E-state index contributed by atoms with van der Waals surface area (Å²) in [6.07, 6.45) is 4.22. The van der Waals surface area contributed by atoms with Crippen LogP contribution in [0.3, 0.4) is 0 Å². The highest BCUT2D eigenvalue weighted by Gasteiger charge is 2.31. The van der Waals surface area contributed by atoms with Gasteiger partial charge in [0.15, 0.2) is 5.65 Å².